The van der Waals surface area contributed by atoms with E-state index in [0.29, 0.717) is 31.0 Å². The Bertz CT molecular complexity index is 1090. The van der Waals surface area contributed by atoms with Crippen LogP contribution in [0, 0.1) is 13.8 Å². The van der Waals surface area contributed by atoms with Crippen LogP contribution in [-0.2, 0) is 6.54 Å². The Labute approximate surface area is 223 Å². The van der Waals surface area contributed by atoms with Gasteiger partial charge >= 0.3 is 5.69 Å². The molecule has 3 rings (SSSR count). The van der Waals surface area contributed by atoms with E-state index in [0.717, 1.165) is 49.4 Å². The van der Waals surface area contributed by atoms with Crippen molar-refractivity contribution in [1.82, 2.24) is 35.5 Å². The van der Waals surface area contributed by atoms with Gasteiger partial charge in [0, 0.05) is 52.4 Å². The first-order valence-electron chi connectivity index (χ1n) is 10.3. The summed E-state index contributed by atoms with van der Waals surface area (Å²) >= 11 is 0. The summed E-state index contributed by atoms with van der Waals surface area (Å²) in [5.41, 5.74) is 8.21. The van der Waals surface area contributed by atoms with Gasteiger partial charge in [-0.1, -0.05) is 0 Å². The molecule has 2 aliphatic heterocycles. The topological polar surface area (TPSA) is 143 Å². The zero-order valence-electron chi connectivity index (χ0n) is 19.2. The van der Waals surface area contributed by atoms with Crippen molar-refractivity contribution in [3.05, 3.63) is 44.1 Å². The van der Waals surface area contributed by atoms with E-state index >= 15 is 0 Å². The SMILES string of the molecule is Cc1cc2nc3c(=O)[nH]c(=O)nc-3n(CCNCCNCCNCCN)c2cc1C.Cl.Cl.Cl.Cl. The number of fused-ring (bicyclic) bond motifs is 2. The smallest absolute Gasteiger partial charge is 0.329 e. The minimum atomic E-state index is -0.661. The lowest BCUT2D eigenvalue weighted by molar-refractivity contribution is 0.561. The molecule has 0 fully saturated rings. The van der Waals surface area contributed by atoms with E-state index in [9.17, 15) is 9.59 Å². The molecule has 34 heavy (non-hydrogen) atoms. The highest BCUT2D eigenvalue weighted by atomic mass is 35.5. The average molecular weight is 560 g/mol. The second-order valence-corrected chi connectivity index (χ2v) is 7.27. The first kappa shape index (κ1) is 34.7. The standard InChI is InChI=1S/C20H30N8O2.4ClH/c1-13-11-15-16(12-14(13)2)28(18-17(25-15)19(29)27-20(30)26-18)10-9-24-8-7-23-6-5-22-4-3-21;;;;/h11-12,22-24H,3-10,21H2,1-2H3,(H,27,29,30);4*1H. The molecular weight excluding hydrogens is 526 g/mol. The summed E-state index contributed by atoms with van der Waals surface area (Å²) in [6.07, 6.45) is 0. The highest BCUT2D eigenvalue weighted by Crippen LogP contribution is 2.23. The molecule has 0 radical (unpaired) electrons. The first-order chi connectivity index (χ1) is 14.5. The molecule has 0 amide bonds. The van der Waals surface area contributed by atoms with Crippen LogP contribution in [-0.4, -0.2) is 65.3 Å². The monoisotopic (exact) mass is 558 g/mol. The van der Waals surface area contributed by atoms with Gasteiger partial charge in [-0.2, -0.15) is 4.98 Å². The van der Waals surface area contributed by atoms with Crippen LogP contribution in [0.1, 0.15) is 11.1 Å². The fourth-order valence-electron chi connectivity index (χ4n) is 3.30. The molecule has 2 heterocycles. The van der Waals surface area contributed by atoms with Gasteiger partial charge in [-0.15, -0.1) is 49.6 Å². The Kier molecular flexibility index (Phi) is 17.3. The number of aromatic nitrogens is 4. The molecule has 0 unspecified atom stereocenters. The number of hydrogen-bond donors (Lipinski definition) is 5. The van der Waals surface area contributed by atoms with Crippen LogP contribution in [0.2, 0.25) is 0 Å². The average Bonchev–Trinajstić information content (AvgIpc) is 2.70. The van der Waals surface area contributed by atoms with Gasteiger partial charge in [0.2, 0.25) is 0 Å². The highest BCUT2D eigenvalue weighted by molar-refractivity contribution is 5.86. The lowest BCUT2D eigenvalue weighted by Gasteiger charge is -2.18. The third-order valence-electron chi connectivity index (χ3n) is 5.01. The molecule has 10 nitrogen and oxygen atoms in total. The number of H-pyrrole nitrogens is 1. The van der Waals surface area contributed by atoms with Crippen LogP contribution in [0.25, 0.3) is 22.6 Å². The minimum absolute atomic E-state index is 0. The van der Waals surface area contributed by atoms with Crippen LogP contribution in [0.5, 0.6) is 0 Å². The summed E-state index contributed by atoms with van der Waals surface area (Å²) in [6, 6.07) is 3.99. The molecule has 0 saturated heterocycles. The maximum atomic E-state index is 12.3. The lowest BCUT2D eigenvalue weighted by Crippen LogP contribution is -2.35. The predicted octanol–water partition coefficient (Wildman–Crippen LogP) is 0.616. The van der Waals surface area contributed by atoms with Crippen molar-refractivity contribution in [3.63, 3.8) is 0 Å². The van der Waals surface area contributed by atoms with E-state index in [1.807, 2.05) is 30.5 Å². The Morgan fingerprint density at radius 1 is 0.853 bits per heavy atom. The number of benzene rings is 1. The number of nitrogens with zero attached hydrogens (tertiary/aromatic N) is 3. The molecule has 1 aromatic rings. The Morgan fingerprint density at radius 2 is 1.41 bits per heavy atom. The molecular formula is C20H34Cl4N8O2. The molecule has 0 aliphatic carbocycles. The van der Waals surface area contributed by atoms with E-state index in [1.54, 1.807) is 0 Å². The number of rotatable bonds is 11. The zero-order chi connectivity index (χ0) is 21.5. The predicted molar refractivity (Wildman–Crippen MR) is 147 cm³/mol. The highest BCUT2D eigenvalue weighted by Gasteiger charge is 2.18. The van der Waals surface area contributed by atoms with Crippen LogP contribution >= 0.6 is 49.6 Å². The summed E-state index contributed by atoms with van der Waals surface area (Å²) < 4.78 is 1.90. The molecule has 2 aliphatic rings. The van der Waals surface area contributed by atoms with Crippen molar-refractivity contribution >= 4 is 60.7 Å². The number of halogens is 4. The van der Waals surface area contributed by atoms with E-state index in [4.69, 9.17) is 5.73 Å². The van der Waals surface area contributed by atoms with Crippen molar-refractivity contribution in [2.75, 3.05) is 45.8 Å². The normalized spacial score (nSPS) is 10.2. The van der Waals surface area contributed by atoms with Gasteiger partial charge in [0.1, 0.15) is 0 Å². The zero-order valence-corrected chi connectivity index (χ0v) is 22.4. The molecule has 1 aromatic carbocycles. The van der Waals surface area contributed by atoms with E-state index < -0.39 is 11.2 Å². The lowest BCUT2D eigenvalue weighted by atomic mass is 10.1. The molecule has 0 atom stereocenters. The van der Waals surface area contributed by atoms with Gasteiger partial charge in [-0.3, -0.25) is 9.78 Å². The van der Waals surface area contributed by atoms with Crippen LogP contribution in [0.15, 0.2) is 21.7 Å². The van der Waals surface area contributed by atoms with Crippen LogP contribution in [0.3, 0.4) is 0 Å². The Balaban J connectivity index is 0. The van der Waals surface area contributed by atoms with Gasteiger partial charge in [-0.25, -0.2) is 9.78 Å². The number of nitrogens with two attached hydrogens (primary N) is 1. The second kappa shape index (κ2) is 17.0. The van der Waals surface area contributed by atoms with Crippen molar-refractivity contribution in [2.45, 2.75) is 20.4 Å². The first-order valence-corrected chi connectivity index (χ1v) is 10.3. The van der Waals surface area contributed by atoms with Crippen molar-refractivity contribution in [2.24, 2.45) is 5.73 Å². The van der Waals surface area contributed by atoms with E-state index in [2.05, 4.69) is 30.9 Å². The summed E-state index contributed by atoms with van der Waals surface area (Å²) in [5, 5.41) is 9.97. The summed E-state index contributed by atoms with van der Waals surface area (Å²) in [5.74, 6) is 0.311. The number of nitrogens with one attached hydrogen (secondary N) is 4. The molecule has 14 heteroatoms. The Hall–Kier alpha value is -1.50. The van der Waals surface area contributed by atoms with Gasteiger partial charge in [-0.05, 0) is 37.1 Å². The number of hydrogen-bond acceptors (Lipinski definition) is 8. The molecule has 0 saturated carbocycles. The molecule has 6 N–H and O–H groups in total. The van der Waals surface area contributed by atoms with Gasteiger partial charge in [0.05, 0.1) is 11.0 Å². The summed E-state index contributed by atoms with van der Waals surface area (Å²) in [7, 11) is 0. The maximum Gasteiger partial charge on any atom is 0.349 e. The summed E-state index contributed by atoms with van der Waals surface area (Å²) in [4.78, 5) is 34.8. The third kappa shape index (κ3) is 8.94. The van der Waals surface area contributed by atoms with Crippen LogP contribution < -0.4 is 32.9 Å². The Morgan fingerprint density at radius 3 is 2.03 bits per heavy atom. The minimum Gasteiger partial charge on any atom is -0.329 e. The van der Waals surface area contributed by atoms with E-state index in [1.165, 1.54) is 0 Å². The third-order valence-corrected chi connectivity index (χ3v) is 5.01. The number of aryl methyl sites for hydroxylation is 2. The van der Waals surface area contributed by atoms with Crippen molar-refractivity contribution in [1.29, 1.82) is 0 Å². The molecule has 0 bridgehead atoms. The fourth-order valence-corrected chi connectivity index (χ4v) is 3.30. The fraction of sp³-hybridized carbons (Fsp3) is 0.500. The van der Waals surface area contributed by atoms with Crippen LogP contribution in [0.4, 0.5) is 0 Å². The van der Waals surface area contributed by atoms with Crippen molar-refractivity contribution in [3.8, 4) is 11.5 Å². The molecule has 194 valence electrons. The molecule has 0 aromatic heterocycles. The quantitative estimate of drug-likeness (QED) is 0.170. The second-order valence-electron chi connectivity index (χ2n) is 7.27. The van der Waals surface area contributed by atoms with Gasteiger partial charge in [0.15, 0.2) is 11.5 Å². The van der Waals surface area contributed by atoms with Crippen molar-refractivity contribution < 1.29 is 0 Å². The van der Waals surface area contributed by atoms with Gasteiger partial charge in [0.25, 0.3) is 5.56 Å². The van der Waals surface area contributed by atoms with E-state index in [-0.39, 0.29) is 55.3 Å². The summed E-state index contributed by atoms with van der Waals surface area (Å²) in [6.45, 7) is 10.1. The van der Waals surface area contributed by atoms with Gasteiger partial charge < -0.3 is 26.3 Å². The largest absolute Gasteiger partial charge is 0.349 e. The number of aromatic amines is 1. The maximum absolute atomic E-state index is 12.3. The molecule has 0 spiro atoms.